The molecule has 2 unspecified atom stereocenters. The molecule has 0 radical (unpaired) electrons. The molecule has 0 bridgehead atoms. The largest absolute Gasteiger partial charge is 0.373 e. The molecule has 1 amide bonds. The van der Waals surface area contributed by atoms with E-state index in [1.165, 1.54) is 0 Å². The summed E-state index contributed by atoms with van der Waals surface area (Å²) in [6.07, 6.45) is 0.601. The van der Waals surface area contributed by atoms with E-state index in [-0.39, 0.29) is 18.1 Å². The quantitative estimate of drug-likeness (QED) is 0.872. The summed E-state index contributed by atoms with van der Waals surface area (Å²) in [7, 11) is 0. The molecule has 1 aromatic heterocycles. The average molecular weight is 278 g/mol. The Bertz CT molecular complexity index is 492. The van der Waals surface area contributed by atoms with Crippen molar-refractivity contribution in [2.75, 3.05) is 19.7 Å². The number of aromatic nitrogens is 2. The number of carbonyl (C=O) groups excluding carboxylic acids is 1. The van der Waals surface area contributed by atoms with E-state index < -0.39 is 0 Å². The number of nitrogens with zero attached hydrogens (tertiary/aromatic N) is 3. The molecular formula is C14H22N4O2. The van der Waals surface area contributed by atoms with Crippen molar-refractivity contribution in [3.05, 3.63) is 23.0 Å². The van der Waals surface area contributed by atoms with Crippen LogP contribution in [0.15, 0.2) is 6.07 Å². The highest BCUT2D eigenvalue weighted by Gasteiger charge is 2.30. The normalized spacial score (nSPS) is 22.9. The lowest BCUT2D eigenvalue weighted by Gasteiger charge is -2.37. The monoisotopic (exact) mass is 278 g/mol. The molecule has 2 heterocycles. The molecule has 2 N–H and O–H groups in total. The van der Waals surface area contributed by atoms with Gasteiger partial charge < -0.3 is 15.4 Å². The topological polar surface area (TPSA) is 81.3 Å². The van der Waals surface area contributed by atoms with Gasteiger partial charge in [0.05, 0.1) is 35.7 Å². The van der Waals surface area contributed by atoms with Gasteiger partial charge in [0, 0.05) is 13.1 Å². The van der Waals surface area contributed by atoms with Crippen LogP contribution in [-0.2, 0) is 11.2 Å². The molecule has 1 aliphatic heterocycles. The third-order valence-electron chi connectivity index (χ3n) is 3.59. The Hall–Kier alpha value is -1.53. The van der Waals surface area contributed by atoms with Gasteiger partial charge in [0.15, 0.2) is 0 Å². The SMILES string of the molecule is CCc1nnc(C)cc1C(=O)N1CC(CN)OCC1C. The molecule has 1 saturated heterocycles. The van der Waals surface area contributed by atoms with E-state index in [0.29, 0.717) is 31.7 Å². The van der Waals surface area contributed by atoms with Crippen molar-refractivity contribution in [2.24, 2.45) is 5.73 Å². The number of nitrogens with two attached hydrogens (primary N) is 1. The van der Waals surface area contributed by atoms with Gasteiger partial charge in [-0.25, -0.2) is 0 Å². The first kappa shape index (κ1) is 14.9. The molecule has 0 aromatic carbocycles. The number of hydrogen-bond donors (Lipinski definition) is 1. The van der Waals surface area contributed by atoms with Crippen LogP contribution in [0.2, 0.25) is 0 Å². The molecule has 2 atom stereocenters. The van der Waals surface area contributed by atoms with Gasteiger partial charge in [0.1, 0.15) is 0 Å². The van der Waals surface area contributed by atoms with Gasteiger partial charge in [-0.05, 0) is 26.3 Å². The minimum atomic E-state index is -0.0869. The van der Waals surface area contributed by atoms with E-state index >= 15 is 0 Å². The molecule has 1 aliphatic rings. The molecular weight excluding hydrogens is 256 g/mol. The highest BCUT2D eigenvalue weighted by molar-refractivity contribution is 5.95. The van der Waals surface area contributed by atoms with Crippen molar-refractivity contribution in [2.45, 2.75) is 39.3 Å². The molecule has 6 heteroatoms. The third kappa shape index (κ3) is 2.96. The highest BCUT2D eigenvalue weighted by atomic mass is 16.5. The van der Waals surface area contributed by atoms with E-state index in [0.717, 1.165) is 11.4 Å². The summed E-state index contributed by atoms with van der Waals surface area (Å²) in [4.78, 5) is 14.6. The van der Waals surface area contributed by atoms with Crippen molar-refractivity contribution in [3.63, 3.8) is 0 Å². The summed E-state index contributed by atoms with van der Waals surface area (Å²) in [5.41, 5.74) is 7.78. The molecule has 20 heavy (non-hydrogen) atoms. The van der Waals surface area contributed by atoms with Crippen molar-refractivity contribution in [1.82, 2.24) is 15.1 Å². The van der Waals surface area contributed by atoms with E-state index in [4.69, 9.17) is 10.5 Å². The molecule has 1 aromatic rings. The fourth-order valence-corrected chi connectivity index (χ4v) is 2.36. The van der Waals surface area contributed by atoms with Gasteiger partial charge >= 0.3 is 0 Å². The molecule has 110 valence electrons. The fourth-order valence-electron chi connectivity index (χ4n) is 2.36. The van der Waals surface area contributed by atoms with E-state index in [9.17, 15) is 4.79 Å². The van der Waals surface area contributed by atoms with E-state index in [1.54, 1.807) is 0 Å². The maximum atomic E-state index is 12.8. The standard InChI is InChI=1S/C14H22N4O2/c1-4-13-12(5-9(2)16-17-13)14(19)18-7-11(6-15)20-8-10(18)3/h5,10-11H,4,6-8,15H2,1-3H3. The Balaban J connectivity index is 2.27. The number of carbonyl (C=O) groups is 1. The smallest absolute Gasteiger partial charge is 0.256 e. The van der Waals surface area contributed by atoms with Gasteiger partial charge in [0.25, 0.3) is 5.91 Å². The zero-order valence-electron chi connectivity index (χ0n) is 12.3. The van der Waals surface area contributed by atoms with E-state index in [2.05, 4.69) is 10.2 Å². The number of hydrogen-bond acceptors (Lipinski definition) is 5. The lowest BCUT2D eigenvalue weighted by Crippen LogP contribution is -2.53. The first-order valence-corrected chi connectivity index (χ1v) is 7.02. The van der Waals surface area contributed by atoms with Gasteiger partial charge in [-0.3, -0.25) is 4.79 Å². The lowest BCUT2D eigenvalue weighted by atomic mass is 10.1. The van der Waals surface area contributed by atoms with Gasteiger partial charge in [0.2, 0.25) is 0 Å². The molecule has 0 aliphatic carbocycles. The Morgan fingerprint density at radius 2 is 2.30 bits per heavy atom. The molecule has 0 spiro atoms. The average Bonchev–Trinajstić information content (AvgIpc) is 2.47. The van der Waals surface area contributed by atoms with Crippen LogP contribution in [0, 0.1) is 6.92 Å². The first-order valence-electron chi connectivity index (χ1n) is 7.02. The second-order valence-corrected chi connectivity index (χ2v) is 5.20. The van der Waals surface area contributed by atoms with E-state index in [1.807, 2.05) is 31.7 Å². The van der Waals surface area contributed by atoms with Crippen LogP contribution in [0.25, 0.3) is 0 Å². The van der Waals surface area contributed by atoms with Crippen LogP contribution >= 0.6 is 0 Å². The number of rotatable bonds is 3. The maximum absolute atomic E-state index is 12.8. The molecule has 6 nitrogen and oxygen atoms in total. The number of amides is 1. The van der Waals surface area contributed by atoms with Crippen molar-refractivity contribution in [3.8, 4) is 0 Å². The Labute approximate surface area is 119 Å². The predicted molar refractivity (Wildman–Crippen MR) is 75.4 cm³/mol. The highest BCUT2D eigenvalue weighted by Crippen LogP contribution is 2.17. The van der Waals surface area contributed by atoms with Crippen LogP contribution in [0.5, 0.6) is 0 Å². The van der Waals surface area contributed by atoms with Crippen molar-refractivity contribution < 1.29 is 9.53 Å². The molecule has 1 fully saturated rings. The summed E-state index contributed by atoms with van der Waals surface area (Å²) in [5, 5.41) is 8.15. The molecule has 2 rings (SSSR count). The van der Waals surface area contributed by atoms with Gasteiger partial charge in [-0.2, -0.15) is 10.2 Å². The number of aryl methyl sites for hydroxylation is 2. The van der Waals surface area contributed by atoms with Gasteiger partial charge in [-0.15, -0.1) is 0 Å². The summed E-state index contributed by atoms with van der Waals surface area (Å²) >= 11 is 0. The minimum absolute atomic E-state index is 0.00546. The minimum Gasteiger partial charge on any atom is -0.373 e. The second kappa shape index (κ2) is 6.28. The molecule has 0 saturated carbocycles. The number of morpholine rings is 1. The van der Waals surface area contributed by atoms with Crippen LogP contribution in [0.3, 0.4) is 0 Å². The van der Waals surface area contributed by atoms with Crippen LogP contribution < -0.4 is 5.73 Å². The fraction of sp³-hybridized carbons (Fsp3) is 0.643. The Morgan fingerprint density at radius 3 is 2.95 bits per heavy atom. The third-order valence-corrected chi connectivity index (χ3v) is 3.59. The van der Waals surface area contributed by atoms with Crippen molar-refractivity contribution in [1.29, 1.82) is 0 Å². The van der Waals surface area contributed by atoms with Crippen LogP contribution in [0.4, 0.5) is 0 Å². The Morgan fingerprint density at radius 1 is 1.55 bits per heavy atom. The summed E-state index contributed by atoms with van der Waals surface area (Å²) in [6.45, 7) is 7.27. The Kier molecular flexibility index (Phi) is 4.67. The maximum Gasteiger partial charge on any atom is 0.256 e. The summed E-state index contributed by atoms with van der Waals surface area (Å²) < 4.78 is 5.59. The first-order chi connectivity index (χ1) is 9.56. The predicted octanol–water partition coefficient (Wildman–Crippen LogP) is 0.536. The summed E-state index contributed by atoms with van der Waals surface area (Å²) in [5.74, 6) is -0.00546. The van der Waals surface area contributed by atoms with Crippen molar-refractivity contribution >= 4 is 5.91 Å². The van der Waals surface area contributed by atoms with Gasteiger partial charge in [-0.1, -0.05) is 6.92 Å². The summed E-state index contributed by atoms with van der Waals surface area (Å²) in [6, 6.07) is 1.86. The number of ether oxygens (including phenoxy) is 1. The van der Waals surface area contributed by atoms with Crippen LogP contribution in [-0.4, -0.2) is 52.8 Å². The van der Waals surface area contributed by atoms with Crippen LogP contribution in [0.1, 0.15) is 35.6 Å². The lowest BCUT2D eigenvalue weighted by molar-refractivity contribution is -0.0426. The zero-order valence-corrected chi connectivity index (χ0v) is 12.3. The second-order valence-electron chi connectivity index (χ2n) is 5.20. The zero-order chi connectivity index (χ0) is 14.7.